The Balaban J connectivity index is 1.22. The molecule has 1 saturated carbocycles. The molecule has 2 N–H and O–H groups in total. The minimum atomic E-state index is -1.35. The summed E-state index contributed by atoms with van der Waals surface area (Å²) in [6.07, 6.45) is 3.18. The molecule has 2 aliphatic rings. The van der Waals surface area contributed by atoms with Crippen molar-refractivity contribution in [3.05, 3.63) is 99.6 Å². The minimum absolute atomic E-state index is 0.00195. The highest BCUT2D eigenvalue weighted by molar-refractivity contribution is 5.90. The van der Waals surface area contributed by atoms with Crippen LogP contribution in [-0.2, 0) is 4.74 Å². The Bertz CT molecular complexity index is 1530. The van der Waals surface area contributed by atoms with Crippen molar-refractivity contribution >= 4 is 11.5 Å². The fourth-order valence-corrected chi connectivity index (χ4v) is 5.76. The van der Waals surface area contributed by atoms with Crippen molar-refractivity contribution in [3.8, 4) is 11.5 Å². The maximum absolute atomic E-state index is 15.1. The van der Waals surface area contributed by atoms with E-state index in [4.69, 9.17) is 4.74 Å². The molecular weight excluding hydrogens is 550 g/mol. The van der Waals surface area contributed by atoms with E-state index < -0.39 is 70.0 Å². The molecule has 1 fully saturated rings. The van der Waals surface area contributed by atoms with Gasteiger partial charge >= 0.3 is 5.97 Å². The zero-order valence-corrected chi connectivity index (χ0v) is 21.7. The summed E-state index contributed by atoms with van der Waals surface area (Å²) in [6.45, 7) is 0. The smallest absolute Gasteiger partial charge is 0.341 e. The van der Waals surface area contributed by atoms with Gasteiger partial charge in [0.1, 0.15) is 6.10 Å². The molecule has 10 heteroatoms. The number of ether oxygens (including phenoxy) is 1. The monoisotopic (exact) mass is 576 g/mol. The highest BCUT2D eigenvalue weighted by Crippen LogP contribution is 2.40. The third kappa shape index (κ3) is 5.52. The quantitative estimate of drug-likeness (QED) is 0.238. The molecule has 0 amide bonds. The summed E-state index contributed by atoms with van der Waals surface area (Å²) in [6, 6.07) is 7.19. The number of carbonyl (C=O) groups excluding carboxylic acids is 1. The molecule has 3 aromatic carbocycles. The topological polar surface area (TPSA) is 66.8 Å². The molecular formula is C31H26F6O4. The Morgan fingerprint density at radius 2 is 1.24 bits per heavy atom. The van der Waals surface area contributed by atoms with Crippen molar-refractivity contribution in [2.24, 2.45) is 0 Å². The van der Waals surface area contributed by atoms with Gasteiger partial charge in [0.15, 0.2) is 34.8 Å². The average Bonchev–Trinajstić information content (AvgIpc) is 2.97. The van der Waals surface area contributed by atoms with E-state index in [2.05, 4.69) is 0 Å². The highest BCUT2D eigenvalue weighted by atomic mass is 19.2. The zero-order valence-electron chi connectivity index (χ0n) is 21.7. The van der Waals surface area contributed by atoms with Crippen LogP contribution in [0.1, 0.15) is 83.8 Å². The van der Waals surface area contributed by atoms with Crippen LogP contribution in [0.25, 0.3) is 5.57 Å². The van der Waals surface area contributed by atoms with Crippen LogP contribution in [0.15, 0.2) is 42.5 Å². The molecule has 4 nitrogen and oxygen atoms in total. The first-order valence-electron chi connectivity index (χ1n) is 13.3. The number of phenols is 2. The predicted octanol–water partition coefficient (Wildman–Crippen LogP) is 8.17. The van der Waals surface area contributed by atoms with Gasteiger partial charge in [-0.15, -0.1) is 0 Å². The standard InChI is InChI=1S/C31H26F6O4/c32-25-19(15-1-3-16(4-2-15)20-11-13-23(38)29(36)26(20)33)9-10-22(28(25)35)31(40)41-18-7-5-17(6-8-18)21-12-14-24(39)30(37)27(21)34/h3,9-15,17-18,38-39H,1-2,4-8H2. The van der Waals surface area contributed by atoms with Crippen LogP contribution in [0.4, 0.5) is 26.3 Å². The molecule has 2 aliphatic carbocycles. The van der Waals surface area contributed by atoms with E-state index in [9.17, 15) is 37.0 Å². The van der Waals surface area contributed by atoms with Gasteiger partial charge in [0, 0.05) is 5.56 Å². The van der Waals surface area contributed by atoms with E-state index in [1.165, 1.54) is 18.2 Å². The lowest BCUT2D eigenvalue weighted by atomic mass is 9.82. The molecule has 0 aromatic heterocycles. The van der Waals surface area contributed by atoms with Crippen molar-refractivity contribution < 1.29 is 46.1 Å². The van der Waals surface area contributed by atoms with Crippen molar-refractivity contribution in [2.45, 2.75) is 62.9 Å². The first-order valence-corrected chi connectivity index (χ1v) is 13.3. The largest absolute Gasteiger partial charge is 0.505 e. The lowest BCUT2D eigenvalue weighted by molar-refractivity contribution is 0.0188. The number of aromatic hydroxyl groups is 2. The molecule has 0 spiro atoms. The van der Waals surface area contributed by atoms with Crippen LogP contribution in [0.2, 0.25) is 0 Å². The highest BCUT2D eigenvalue weighted by Gasteiger charge is 2.31. The molecule has 0 aliphatic heterocycles. The predicted molar refractivity (Wildman–Crippen MR) is 137 cm³/mol. The molecule has 0 radical (unpaired) electrons. The van der Waals surface area contributed by atoms with Gasteiger partial charge in [-0.1, -0.05) is 18.2 Å². The second-order valence-corrected chi connectivity index (χ2v) is 10.5. The normalized spacial score (nSPS) is 20.9. The van der Waals surface area contributed by atoms with Crippen LogP contribution >= 0.6 is 0 Å². The molecule has 41 heavy (non-hydrogen) atoms. The fraction of sp³-hybridized carbons (Fsp3) is 0.323. The summed E-state index contributed by atoms with van der Waals surface area (Å²) in [5.41, 5.74) is 0.104. The molecule has 0 bridgehead atoms. The van der Waals surface area contributed by atoms with E-state index in [1.54, 1.807) is 6.08 Å². The average molecular weight is 577 g/mol. The lowest BCUT2D eigenvalue weighted by Gasteiger charge is -2.29. The van der Waals surface area contributed by atoms with E-state index >= 15 is 4.39 Å². The van der Waals surface area contributed by atoms with Gasteiger partial charge in [0.2, 0.25) is 11.6 Å². The first kappa shape index (κ1) is 28.6. The summed E-state index contributed by atoms with van der Waals surface area (Å²) < 4.78 is 91.4. The number of esters is 1. The minimum Gasteiger partial charge on any atom is -0.505 e. The van der Waals surface area contributed by atoms with Gasteiger partial charge < -0.3 is 14.9 Å². The van der Waals surface area contributed by atoms with Gasteiger partial charge in [-0.25, -0.2) is 22.4 Å². The first-order chi connectivity index (χ1) is 19.6. The number of rotatable bonds is 5. The van der Waals surface area contributed by atoms with E-state index in [1.807, 2.05) is 0 Å². The summed E-state index contributed by atoms with van der Waals surface area (Å²) >= 11 is 0. The fourth-order valence-electron chi connectivity index (χ4n) is 5.76. The third-order valence-corrected chi connectivity index (χ3v) is 8.07. The van der Waals surface area contributed by atoms with Gasteiger partial charge in [-0.05, 0) is 97.7 Å². The second-order valence-electron chi connectivity index (χ2n) is 10.5. The van der Waals surface area contributed by atoms with Crippen molar-refractivity contribution in [1.82, 2.24) is 0 Å². The van der Waals surface area contributed by atoms with Gasteiger partial charge in [0.25, 0.3) is 0 Å². The number of carbonyl (C=O) groups is 1. The van der Waals surface area contributed by atoms with Gasteiger partial charge in [0.05, 0.1) is 5.56 Å². The Hall–Kier alpha value is -3.95. The third-order valence-electron chi connectivity index (χ3n) is 8.07. The summed E-state index contributed by atoms with van der Waals surface area (Å²) in [5, 5.41) is 18.6. The van der Waals surface area contributed by atoms with Crippen LogP contribution in [0.3, 0.4) is 0 Å². The Labute approximate surface area is 231 Å². The number of halogens is 6. The van der Waals surface area contributed by atoms with E-state index in [-0.39, 0.29) is 35.4 Å². The Kier molecular flexibility index (Phi) is 8.02. The van der Waals surface area contributed by atoms with Crippen molar-refractivity contribution in [3.63, 3.8) is 0 Å². The van der Waals surface area contributed by atoms with Crippen LogP contribution < -0.4 is 0 Å². The molecule has 0 heterocycles. The Morgan fingerprint density at radius 1 is 0.659 bits per heavy atom. The van der Waals surface area contributed by atoms with Crippen LogP contribution in [0.5, 0.6) is 11.5 Å². The molecule has 5 rings (SSSR count). The van der Waals surface area contributed by atoms with Crippen LogP contribution in [0, 0.1) is 34.9 Å². The van der Waals surface area contributed by atoms with Crippen molar-refractivity contribution in [1.29, 1.82) is 0 Å². The lowest BCUT2D eigenvalue weighted by Crippen LogP contribution is -2.25. The molecule has 1 unspecified atom stereocenters. The number of allylic oxidation sites excluding steroid dienone is 2. The van der Waals surface area contributed by atoms with E-state index in [0.717, 1.165) is 18.2 Å². The Morgan fingerprint density at radius 3 is 1.90 bits per heavy atom. The second kappa shape index (κ2) is 11.5. The SMILES string of the molecule is O=C(OC1CCC(c2ccc(O)c(F)c2F)CC1)c1ccc(C2CC=C(c3ccc(O)c(F)c3F)CC2)c(F)c1F. The summed E-state index contributed by atoms with van der Waals surface area (Å²) in [5.74, 6) is -10.9. The van der Waals surface area contributed by atoms with Gasteiger partial charge in [-0.2, -0.15) is 8.78 Å². The summed E-state index contributed by atoms with van der Waals surface area (Å²) in [4.78, 5) is 12.7. The van der Waals surface area contributed by atoms with E-state index in [0.29, 0.717) is 37.7 Å². The summed E-state index contributed by atoms with van der Waals surface area (Å²) in [7, 11) is 0. The maximum Gasteiger partial charge on any atom is 0.341 e. The zero-order chi connectivity index (χ0) is 29.4. The number of hydrogen-bond acceptors (Lipinski definition) is 4. The molecule has 1 atom stereocenters. The number of benzene rings is 3. The molecule has 3 aromatic rings. The van der Waals surface area contributed by atoms with Crippen molar-refractivity contribution in [2.75, 3.05) is 0 Å². The number of phenolic OH excluding ortho intramolecular Hbond substituents is 2. The number of hydrogen-bond donors (Lipinski definition) is 2. The molecule has 0 saturated heterocycles. The van der Waals surface area contributed by atoms with Gasteiger partial charge in [-0.3, -0.25) is 0 Å². The van der Waals surface area contributed by atoms with Crippen LogP contribution in [-0.4, -0.2) is 22.3 Å². The molecule has 216 valence electrons. The maximum atomic E-state index is 15.1.